The molecule has 1 fully saturated rings. The van der Waals surface area contributed by atoms with Crippen LogP contribution in [0.25, 0.3) is 0 Å². The molecule has 0 saturated carbocycles. The number of aromatic nitrogens is 2. The molecule has 134 valence electrons. The molecule has 0 aliphatic carbocycles. The van der Waals surface area contributed by atoms with Crippen molar-refractivity contribution in [2.75, 3.05) is 13.2 Å². The molecule has 1 aromatic carbocycles. The van der Waals surface area contributed by atoms with Gasteiger partial charge in [-0.3, -0.25) is 9.48 Å². The average molecular weight is 343 g/mol. The molecule has 0 radical (unpaired) electrons. The Morgan fingerprint density at radius 3 is 2.80 bits per heavy atom. The number of rotatable bonds is 6. The fourth-order valence-corrected chi connectivity index (χ4v) is 2.97. The molecule has 1 aliphatic heterocycles. The Morgan fingerprint density at radius 2 is 2.20 bits per heavy atom. The highest BCUT2D eigenvalue weighted by Crippen LogP contribution is 2.19. The van der Waals surface area contributed by atoms with Crippen LogP contribution in [0.3, 0.4) is 0 Å². The van der Waals surface area contributed by atoms with Gasteiger partial charge in [0.15, 0.2) is 0 Å². The Kier molecular flexibility index (Phi) is 5.38. The number of benzene rings is 1. The van der Waals surface area contributed by atoms with Crippen molar-refractivity contribution in [2.45, 2.75) is 38.8 Å². The number of nitrogens with zero attached hydrogens (tertiary/aromatic N) is 2. The third-order valence-electron chi connectivity index (χ3n) is 4.66. The Bertz CT molecular complexity index is 718. The molecule has 2 atom stereocenters. The van der Waals surface area contributed by atoms with E-state index in [1.165, 1.54) is 0 Å². The number of hydrogen-bond acceptors (Lipinski definition) is 4. The molecule has 1 aliphatic rings. The van der Waals surface area contributed by atoms with Gasteiger partial charge in [0, 0.05) is 30.5 Å². The summed E-state index contributed by atoms with van der Waals surface area (Å²) < 4.78 is 13.1. The smallest absolute Gasteiger partial charge is 0.251 e. The van der Waals surface area contributed by atoms with Gasteiger partial charge in [-0.1, -0.05) is 0 Å². The maximum atomic E-state index is 12.4. The summed E-state index contributed by atoms with van der Waals surface area (Å²) in [5.41, 5.74) is 2.68. The molecule has 0 spiro atoms. The molecule has 2 aromatic rings. The number of aryl methyl sites for hydroxylation is 1. The first-order valence-electron chi connectivity index (χ1n) is 8.68. The monoisotopic (exact) mass is 343 g/mol. The maximum absolute atomic E-state index is 12.4. The lowest BCUT2D eigenvalue weighted by Gasteiger charge is -2.14. The highest BCUT2D eigenvalue weighted by molar-refractivity contribution is 5.94. The fourth-order valence-electron chi connectivity index (χ4n) is 2.97. The molecule has 6 heteroatoms. The number of carbonyl (C=O) groups excluding carboxylic acids is 1. The summed E-state index contributed by atoms with van der Waals surface area (Å²) in [7, 11) is 1.89. The van der Waals surface area contributed by atoms with Crippen molar-refractivity contribution in [3.63, 3.8) is 0 Å². The highest BCUT2D eigenvalue weighted by Gasteiger charge is 2.17. The van der Waals surface area contributed by atoms with Crippen molar-refractivity contribution in [3.8, 4) is 5.75 Å². The van der Waals surface area contributed by atoms with E-state index in [0.717, 1.165) is 36.5 Å². The maximum Gasteiger partial charge on any atom is 0.251 e. The molecule has 0 bridgehead atoms. The summed E-state index contributed by atoms with van der Waals surface area (Å²) in [4.78, 5) is 12.4. The van der Waals surface area contributed by atoms with E-state index in [1.807, 2.05) is 33.0 Å². The molecule has 2 heterocycles. The highest BCUT2D eigenvalue weighted by atomic mass is 16.5. The molecule has 6 nitrogen and oxygen atoms in total. The summed E-state index contributed by atoms with van der Waals surface area (Å²) in [6.07, 6.45) is 4.13. The van der Waals surface area contributed by atoms with E-state index in [1.54, 1.807) is 23.0 Å². The van der Waals surface area contributed by atoms with Gasteiger partial charge in [0.05, 0.1) is 18.3 Å². The van der Waals surface area contributed by atoms with Gasteiger partial charge in [-0.05, 0) is 51.0 Å². The van der Waals surface area contributed by atoms with Crippen LogP contribution in [0.4, 0.5) is 0 Å². The molecule has 1 N–H and O–H groups in total. The van der Waals surface area contributed by atoms with Crippen LogP contribution in [0, 0.1) is 6.92 Å². The van der Waals surface area contributed by atoms with Crippen LogP contribution in [0.1, 0.15) is 47.4 Å². The van der Waals surface area contributed by atoms with E-state index < -0.39 is 0 Å². The van der Waals surface area contributed by atoms with E-state index in [4.69, 9.17) is 9.47 Å². The molecule has 1 amide bonds. The first-order chi connectivity index (χ1) is 12.0. The summed E-state index contributed by atoms with van der Waals surface area (Å²) in [5.74, 6) is 0.643. The predicted octanol–water partition coefficient (Wildman–Crippen LogP) is 2.78. The number of nitrogens with one attached hydrogen (secondary N) is 1. The van der Waals surface area contributed by atoms with Crippen LogP contribution >= 0.6 is 0 Å². The second-order valence-corrected chi connectivity index (χ2v) is 6.47. The zero-order chi connectivity index (χ0) is 17.8. The van der Waals surface area contributed by atoms with Gasteiger partial charge in [-0.2, -0.15) is 5.10 Å². The second-order valence-electron chi connectivity index (χ2n) is 6.47. The largest absolute Gasteiger partial charge is 0.491 e. The third-order valence-corrected chi connectivity index (χ3v) is 4.66. The van der Waals surface area contributed by atoms with Crippen molar-refractivity contribution >= 4 is 5.91 Å². The van der Waals surface area contributed by atoms with E-state index in [9.17, 15) is 4.79 Å². The molecular weight excluding hydrogens is 318 g/mol. The van der Waals surface area contributed by atoms with Gasteiger partial charge >= 0.3 is 0 Å². The first kappa shape index (κ1) is 17.5. The minimum absolute atomic E-state index is 0.100. The van der Waals surface area contributed by atoms with E-state index in [2.05, 4.69) is 10.4 Å². The van der Waals surface area contributed by atoms with Gasteiger partial charge in [0.1, 0.15) is 12.4 Å². The van der Waals surface area contributed by atoms with Crippen LogP contribution < -0.4 is 10.1 Å². The number of amides is 1. The quantitative estimate of drug-likeness (QED) is 0.876. The molecular formula is C19H25N3O3. The lowest BCUT2D eigenvalue weighted by atomic mass is 10.1. The Morgan fingerprint density at radius 1 is 1.44 bits per heavy atom. The van der Waals surface area contributed by atoms with Gasteiger partial charge in [0.2, 0.25) is 0 Å². The molecule has 0 unspecified atom stereocenters. The normalized spacial score (nSPS) is 18.1. The molecule has 1 aromatic heterocycles. The van der Waals surface area contributed by atoms with E-state index in [0.29, 0.717) is 12.2 Å². The average Bonchev–Trinajstić information content (AvgIpc) is 3.24. The van der Waals surface area contributed by atoms with E-state index >= 15 is 0 Å². The van der Waals surface area contributed by atoms with E-state index in [-0.39, 0.29) is 18.1 Å². The number of hydrogen-bond donors (Lipinski definition) is 1. The minimum atomic E-state index is -0.110. The third kappa shape index (κ3) is 4.20. The lowest BCUT2D eigenvalue weighted by molar-refractivity contribution is 0.0679. The Balaban J connectivity index is 1.55. The summed E-state index contributed by atoms with van der Waals surface area (Å²) in [5, 5.41) is 7.23. The van der Waals surface area contributed by atoms with Crippen molar-refractivity contribution in [1.82, 2.24) is 15.1 Å². The van der Waals surface area contributed by atoms with Crippen LogP contribution in [0.5, 0.6) is 5.75 Å². The number of carbonyl (C=O) groups is 1. The molecule has 3 rings (SSSR count). The zero-order valence-corrected chi connectivity index (χ0v) is 15.0. The minimum Gasteiger partial charge on any atom is -0.491 e. The predicted molar refractivity (Wildman–Crippen MR) is 94.7 cm³/mol. The second kappa shape index (κ2) is 7.70. The topological polar surface area (TPSA) is 65.4 Å². The standard InChI is InChI=1S/C19H25N3O3/c1-13(18-11-20-22(3)14(18)2)21-19(23)15-6-8-16(9-7-15)25-12-17-5-4-10-24-17/h6-9,11,13,17H,4-5,10,12H2,1-3H3,(H,21,23)/t13-,17-/m0/s1. The summed E-state index contributed by atoms with van der Waals surface area (Å²) >= 11 is 0. The van der Waals surface area contributed by atoms with Crippen LogP contribution in [-0.2, 0) is 11.8 Å². The van der Waals surface area contributed by atoms with Crippen molar-refractivity contribution in [3.05, 3.63) is 47.3 Å². The fraction of sp³-hybridized carbons (Fsp3) is 0.474. The zero-order valence-electron chi connectivity index (χ0n) is 15.0. The van der Waals surface area contributed by atoms with Crippen LogP contribution in [0.2, 0.25) is 0 Å². The van der Waals surface area contributed by atoms with Gasteiger partial charge in [-0.25, -0.2) is 0 Å². The van der Waals surface area contributed by atoms with Crippen molar-refractivity contribution in [1.29, 1.82) is 0 Å². The van der Waals surface area contributed by atoms with Crippen molar-refractivity contribution in [2.24, 2.45) is 7.05 Å². The summed E-state index contributed by atoms with van der Waals surface area (Å²) in [6, 6.07) is 7.11. The van der Waals surface area contributed by atoms with Gasteiger partial charge in [0.25, 0.3) is 5.91 Å². The lowest BCUT2D eigenvalue weighted by Crippen LogP contribution is -2.26. The first-order valence-corrected chi connectivity index (χ1v) is 8.68. The SMILES string of the molecule is Cc1c([C@H](C)NC(=O)c2ccc(OC[C@@H]3CCCO3)cc2)cnn1C. The Hall–Kier alpha value is -2.34. The molecule has 1 saturated heterocycles. The van der Waals surface area contributed by atoms with Crippen LogP contribution in [-0.4, -0.2) is 35.0 Å². The van der Waals surface area contributed by atoms with Gasteiger partial charge in [-0.15, -0.1) is 0 Å². The van der Waals surface area contributed by atoms with Gasteiger partial charge < -0.3 is 14.8 Å². The van der Waals surface area contributed by atoms with Crippen molar-refractivity contribution < 1.29 is 14.3 Å². The Labute approximate surface area is 148 Å². The van der Waals surface area contributed by atoms with Crippen LogP contribution in [0.15, 0.2) is 30.5 Å². The number of ether oxygens (including phenoxy) is 2. The molecule has 25 heavy (non-hydrogen) atoms. The summed E-state index contributed by atoms with van der Waals surface area (Å²) in [6.45, 7) is 5.33.